The highest BCUT2D eigenvalue weighted by atomic mass is 14.2. The molecule has 0 heteroatoms. The van der Waals surface area contributed by atoms with E-state index >= 15 is 0 Å². The van der Waals surface area contributed by atoms with Crippen LogP contribution in [-0.2, 0) is 0 Å². The van der Waals surface area contributed by atoms with Gasteiger partial charge in [0.1, 0.15) is 0 Å². The molecule has 0 atom stereocenters. The highest BCUT2D eigenvalue weighted by Crippen LogP contribution is 2.47. The van der Waals surface area contributed by atoms with Crippen molar-refractivity contribution in [3.8, 4) is 44.5 Å². The summed E-state index contributed by atoms with van der Waals surface area (Å²) in [7, 11) is 0. The first-order chi connectivity index (χ1) is 38.1. The van der Waals surface area contributed by atoms with Crippen molar-refractivity contribution < 1.29 is 43.9 Å². The molecule has 0 heterocycles. The summed E-state index contributed by atoms with van der Waals surface area (Å²) in [6.07, 6.45) is 0. The van der Waals surface area contributed by atoms with Crippen LogP contribution in [0.5, 0.6) is 0 Å². The van der Waals surface area contributed by atoms with Crippen LogP contribution in [0.25, 0.3) is 98.4 Å². The van der Waals surface area contributed by atoms with E-state index in [0.29, 0.717) is 0 Å². The average Bonchev–Trinajstić information content (AvgIpc) is 1.37. The van der Waals surface area contributed by atoms with Crippen molar-refractivity contribution in [3.63, 3.8) is 0 Å². The van der Waals surface area contributed by atoms with Gasteiger partial charge in [-0.15, -0.1) is 0 Å². The van der Waals surface area contributed by atoms with Gasteiger partial charge in [-0.1, -0.05) is 169 Å². The molecular formula is C50H32. The Morgan fingerprint density at radius 1 is 0.240 bits per heavy atom. The van der Waals surface area contributed by atoms with Crippen LogP contribution in [0.1, 0.15) is 43.9 Å². The van der Waals surface area contributed by atoms with Crippen molar-refractivity contribution >= 4 is 53.9 Å². The zero-order chi connectivity index (χ0) is 60.9. The van der Waals surface area contributed by atoms with E-state index in [2.05, 4.69) is 0 Å². The molecule has 0 aliphatic carbocycles. The molecule has 232 valence electrons. The van der Waals surface area contributed by atoms with Gasteiger partial charge in [0.05, 0.1) is 43.9 Å². The van der Waals surface area contributed by atoms with E-state index in [9.17, 15) is 20.6 Å². The summed E-state index contributed by atoms with van der Waals surface area (Å²) in [6, 6.07) is -32.8. The van der Waals surface area contributed by atoms with E-state index in [1.165, 1.54) is 0 Å². The normalized spacial score (nSPS) is 20.6. The van der Waals surface area contributed by atoms with Crippen LogP contribution in [0.4, 0.5) is 0 Å². The summed E-state index contributed by atoms with van der Waals surface area (Å²) in [5.41, 5.74) is -7.49. The molecule has 10 aromatic carbocycles. The molecular weight excluding hydrogens is 601 g/mol. The van der Waals surface area contributed by atoms with Gasteiger partial charge >= 0.3 is 0 Å². The molecule has 10 aromatic rings. The Morgan fingerprint density at radius 3 is 1.40 bits per heavy atom. The fourth-order valence-electron chi connectivity index (χ4n) is 5.75. The maximum atomic E-state index is 10.3. The van der Waals surface area contributed by atoms with Gasteiger partial charge in [-0.25, -0.2) is 0 Å². The third-order valence-corrected chi connectivity index (χ3v) is 7.94. The topological polar surface area (TPSA) is 0 Å². The van der Waals surface area contributed by atoms with Crippen molar-refractivity contribution in [3.05, 3.63) is 193 Å². The highest BCUT2D eigenvalue weighted by Gasteiger charge is 2.19. The average molecular weight is 665 g/mol. The Kier molecular flexibility index (Phi) is 2.55. The number of hydrogen-bond donors (Lipinski definition) is 0. The fraction of sp³-hybridized carbons (Fsp3) is 0. The maximum absolute atomic E-state index is 10.3. The van der Waals surface area contributed by atoms with Crippen LogP contribution >= 0.6 is 0 Å². The monoisotopic (exact) mass is 664 g/mol. The molecule has 0 aliphatic heterocycles. The second kappa shape index (κ2) is 11.6. The highest BCUT2D eigenvalue weighted by molar-refractivity contribution is 6.24. The molecule has 10 rings (SSSR count). The standard InChI is InChI=1S/C50H32/c1-3-14-36-29-39(25-23-33(36)11-1)38-17-9-18-42(31-38)49-45-20-7-8-21-46(45)50(44-22-10-16-35-13-5-6-19-43(35)44)47-28-27-41(32-48(47)49)40-26-24-34-12-2-4-15-37(34)30-40/h1-32H/i1D,2D,3D,4D,5D,6D,7D,8D,9D,10D,11D,12D,13D,14D,15D,16D,17D,18D,19D,20D,21D,22D,23D,24D,25D,26D,27D,28D,29D,30D,31D,32D. The van der Waals surface area contributed by atoms with Crippen LogP contribution in [0, 0.1) is 0 Å². The summed E-state index contributed by atoms with van der Waals surface area (Å²) in [6.45, 7) is 0. The second-order valence-corrected chi connectivity index (χ2v) is 10.8. The van der Waals surface area contributed by atoms with E-state index in [4.69, 9.17) is 23.3 Å². The summed E-state index contributed by atoms with van der Waals surface area (Å²) in [5, 5.41) is -7.81. The quantitative estimate of drug-likeness (QED) is 0.164. The molecule has 0 bridgehead atoms. The molecule has 0 saturated heterocycles. The van der Waals surface area contributed by atoms with Crippen molar-refractivity contribution in [1.29, 1.82) is 0 Å². The summed E-state index contributed by atoms with van der Waals surface area (Å²) in [4.78, 5) is 0. The predicted octanol–water partition coefficient (Wildman–Crippen LogP) is 14.1. The lowest BCUT2D eigenvalue weighted by atomic mass is 9.83. The SMILES string of the molecule is [2H]c1c([2H])c(-c2c([2H])c([2H])c3c([2H])c([2H])c([2H])c([2H])c3c2[2H])c([2H])c(-c2c3c([2H])c([2H])c([2H])c([2H])c3c(-c3c([2H])c([2H])c([2H])c4c([2H])c([2H])c([2H])c([2H])c34)c3c([2H])c([2H])c(-c4c([2H])c([2H])c5c([2H])c([2H])c([2H])c([2H])c5c4[2H])c([2H])c23)c1[2H]. The van der Waals surface area contributed by atoms with Gasteiger partial charge in [-0.2, -0.15) is 0 Å². The largest absolute Gasteiger partial charge is 0.0636 e. The molecule has 0 aromatic heterocycles. The Morgan fingerprint density at radius 2 is 0.700 bits per heavy atom. The Labute approximate surface area is 336 Å². The maximum Gasteiger partial charge on any atom is 0.0636 e. The lowest BCUT2D eigenvalue weighted by Crippen LogP contribution is -1.93. The van der Waals surface area contributed by atoms with Gasteiger partial charge < -0.3 is 0 Å². The molecule has 0 saturated carbocycles. The lowest BCUT2D eigenvalue weighted by Gasteiger charge is -2.20. The Hall–Kier alpha value is -6.50. The molecule has 0 aliphatic rings. The molecule has 0 N–H and O–H groups in total. The summed E-state index contributed by atoms with van der Waals surface area (Å²) >= 11 is 0. The fourth-order valence-corrected chi connectivity index (χ4v) is 5.75. The first-order valence-electron chi connectivity index (χ1n) is 30.8. The molecule has 0 nitrogen and oxygen atoms in total. The van der Waals surface area contributed by atoms with Crippen molar-refractivity contribution in [2.24, 2.45) is 0 Å². The molecule has 0 spiro atoms. The van der Waals surface area contributed by atoms with E-state index in [0.717, 1.165) is 0 Å². The van der Waals surface area contributed by atoms with Crippen LogP contribution in [0.3, 0.4) is 0 Å². The minimum atomic E-state index is -1.21. The summed E-state index contributed by atoms with van der Waals surface area (Å²) in [5.74, 6) is 0. The minimum absolute atomic E-state index is 0.626. The van der Waals surface area contributed by atoms with Crippen LogP contribution < -0.4 is 0 Å². The van der Waals surface area contributed by atoms with Crippen LogP contribution in [0.2, 0.25) is 0 Å². The van der Waals surface area contributed by atoms with Crippen LogP contribution in [-0.4, -0.2) is 0 Å². The molecule has 0 radical (unpaired) electrons. The molecule has 0 fully saturated rings. The number of rotatable bonds is 4. The number of hydrogen-bond acceptors (Lipinski definition) is 0. The number of fused-ring (bicyclic) bond motifs is 5. The van der Waals surface area contributed by atoms with Gasteiger partial charge in [0.2, 0.25) is 0 Å². The molecule has 0 amide bonds. The van der Waals surface area contributed by atoms with Gasteiger partial charge in [0.25, 0.3) is 0 Å². The lowest BCUT2D eigenvalue weighted by molar-refractivity contribution is 1.62. The van der Waals surface area contributed by atoms with Crippen molar-refractivity contribution in [2.75, 3.05) is 0 Å². The zero-order valence-electron chi connectivity index (χ0n) is 57.0. The molecule has 0 unspecified atom stereocenters. The third-order valence-electron chi connectivity index (χ3n) is 7.94. The van der Waals surface area contributed by atoms with E-state index < -0.39 is 292 Å². The third kappa shape index (κ3) is 4.69. The van der Waals surface area contributed by atoms with Crippen LogP contribution in [0.15, 0.2) is 193 Å². The first kappa shape index (κ1) is 11.0. The van der Waals surface area contributed by atoms with E-state index in [-0.39, 0.29) is 0 Å². The van der Waals surface area contributed by atoms with Gasteiger partial charge in [-0.05, 0) is 123 Å². The summed E-state index contributed by atoms with van der Waals surface area (Å²) < 4.78 is 291. The first-order valence-corrected chi connectivity index (χ1v) is 14.8. The second-order valence-electron chi connectivity index (χ2n) is 10.8. The minimum Gasteiger partial charge on any atom is -0.0616 e. The van der Waals surface area contributed by atoms with Gasteiger partial charge in [0, 0.05) is 0 Å². The Bertz CT molecular complexity index is 4750. The smallest absolute Gasteiger partial charge is 0.0616 e. The van der Waals surface area contributed by atoms with Gasteiger partial charge in [0.15, 0.2) is 0 Å². The van der Waals surface area contributed by atoms with Gasteiger partial charge in [-0.3, -0.25) is 0 Å². The van der Waals surface area contributed by atoms with Crippen molar-refractivity contribution in [2.45, 2.75) is 0 Å². The Balaban J connectivity index is 1.58. The van der Waals surface area contributed by atoms with Crippen molar-refractivity contribution in [1.82, 2.24) is 0 Å². The number of benzene rings is 10. The molecule has 50 heavy (non-hydrogen) atoms. The van der Waals surface area contributed by atoms with E-state index in [1.807, 2.05) is 0 Å². The predicted molar refractivity (Wildman–Crippen MR) is 216 cm³/mol. The van der Waals surface area contributed by atoms with E-state index in [1.54, 1.807) is 0 Å². The zero-order valence-corrected chi connectivity index (χ0v) is 25.0.